The molecule has 2 fully saturated rings. The Bertz CT molecular complexity index is 1090. The van der Waals surface area contributed by atoms with Gasteiger partial charge in [-0.2, -0.15) is 0 Å². The summed E-state index contributed by atoms with van der Waals surface area (Å²) >= 11 is 0. The lowest BCUT2D eigenvalue weighted by atomic mass is 9.87. The van der Waals surface area contributed by atoms with Crippen molar-refractivity contribution in [3.05, 3.63) is 53.5 Å². The predicted octanol–water partition coefficient (Wildman–Crippen LogP) is 1.72. The van der Waals surface area contributed by atoms with E-state index in [1.807, 2.05) is 36.1 Å². The van der Waals surface area contributed by atoms with Crippen molar-refractivity contribution in [2.75, 3.05) is 38.5 Å². The summed E-state index contributed by atoms with van der Waals surface area (Å²) < 4.78 is 0. The third-order valence-corrected chi connectivity index (χ3v) is 7.00. The van der Waals surface area contributed by atoms with Crippen LogP contribution in [0.1, 0.15) is 42.5 Å². The number of hydrogen-bond acceptors (Lipinski definition) is 8. The Morgan fingerprint density at radius 2 is 1.78 bits per heavy atom. The van der Waals surface area contributed by atoms with Crippen molar-refractivity contribution < 1.29 is 14.4 Å². The molecule has 0 bridgehead atoms. The largest absolute Gasteiger partial charge is 0.385 e. The molecule has 0 unspecified atom stereocenters. The van der Waals surface area contributed by atoms with Crippen LogP contribution in [0.2, 0.25) is 0 Å². The summed E-state index contributed by atoms with van der Waals surface area (Å²) in [6.07, 6.45) is 6.71. The molecule has 192 valence electrons. The number of carbonyl (C=O) groups is 2. The number of likely N-dealkylation sites (tertiary alicyclic amines) is 2. The number of nitrogens with two attached hydrogens (primary N) is 2. The highest BCUT2D eigenvalue weighted by atomic mass is 16.6. The molecule has 0 atom stereocenters. The number of anilines is 1. The molecule has 2 amide bonds. The van der Waals surface area contributed by atoms with Gasteiger partial charge in [0.15, 0.2) is 6.61 Å². The Morgan fingerprint density at radius 1 is 1.06 bits per heavy atom. The fraction of sp³-hybridized carbons (Fsp3) is 0.500. The van der Waals surface area contributed by atoms with Crippen molar-refractivity contribution in [1.29, 1.82) is 0 Å². The van der Waals surface area contributed by atoms with E-state index in [2.05, 4.69) is 20.0 Å². The van der Waals surface area contributed by atoms with E-state index < -0.39 is 5.91 Å². The number of hydrogen-bond donors (Lipinski definition) is 2. The van der Waals surface area contributed by atoms with E-state index >= 15 is 0 Å². The van der Waals surface area contributed by atoms with Crippen molar-refractivity contribution in [2.24, 2.45) is 22.7 Å². The molecule has 4 N–H and O–H groups in total. The quantitative estimate of drug-likeness (QED) is 0.421. The first-order valence-corrected chi connectivity index (χ1v) is 12.5. The van der Waals surface area contributed by atoms with E-state index in [-0.39, 0.29) is 24.3 Å². The maximum atomic E-state index is 13.3. The van der Waals surface area contributed by atoms with Gasteiger partial charge < -0.3 is 21.2 Å². The van der Waals surface area contributed by atoms with Crippen molar-refractivity contribution in [1.82, 2.24) is 19.8 Å². The van der Waals surface area contributed by atoms with Crippen molar-refractivity contribution in [3.8, 4) is 0 Å². The zero-order chi connectivity index (χ0) is 25.5. The first-order chi connectivity index (χ1) is 17.4. The number of nitrogen functional groups attached to an aromatic ring is 1. The summed E-state index contributed by atoms with van der Waals surface area (Å²) in [5.74, 6) is 0.355. The van der Waals surface area contributed by atoms with E-state index in [1.54, 1.807) is 12.4 Å². The van der Waals surface area contributed by atoms with E-state index in [0.717, 1.165) is 62.1 Å². The maximum Gasteiger partial charge on any atom is 0.258 e. The lowest BCUT2D eigenvalue weighted by molar-refractivity contribution is -0.138. The molecule has 2 aromatic rings. The summed E-state index contributed by atoms with van der Waals surface area (Å²) in [5.41, 5.74) is 14.6. The fourth-order valence-corrected chi connectivity index (χ4v) is 5.05. The number of aryl methyl sites for hydroxylation is 1. The van der Waals surface area contributed by atoms with Gasteiger partial charge in [0.05, 0.1) is 5.69 Å². The standard InChI is InChI=1S/C26H35N7O3/c1-18-3-2-9-30-24(18)25(31-36-17-23(28)34)20-7-13-33(14-8-20)26(35)21-5-11-32(12-6-21)16-19-4-10-29-22(27)15-19/h2-4,9-10,15,20-21H,5-8,11-14,16-17H2,1H3,(H2,27,29)(H2,28,34)/b31-25+. The van der Waals surface area contributed by atoms with Gasteiger partial charge in [-0.3, -0.25) is 19.5 Å². The first-order valence-electron chi connectivity index (χ1n) is 12.5. The Hall–Kier alpha value is -3.53. The number of amides is 2. The van der Waals surface area contributed by atoms with E-state index in [1.165, 1.54) is 0 Å². The zero-order valence-electron chi connectivity index (χ0n) is 20.8. The van der Waals surface area contributed by atoms with Gasteiger partial charge in [-0.15, -0.1) is 0 Å². The molecule has 2 saturated heterocycles. The van der Waals surface area contributed by atoms with Gasteiger partial charge in [0.2, 0.25) is 5.91 Å². The minimum absolute atomic E-state index is 0.0605. The van der Waals surface area contributed by atoms with Gasteiger partial charge in [0.1, 0.15) is 11.5 Å². The summed E-state index contributed by atoms with van der Waals surface area (Å²) in [6.45, 7) is 5.64. The molecule has 0 aromatic carbocycles. The number of aromatic nitrogens is 2. The first kappa shape index (κ1) is 25.6. The van der Waals surface area contributed by atoms with E-state index in [0.29, 0.717) is 24.6 Å². The van der Waals surface area contributed by atoms with Crippen LogP contribution in [0.15, 0.2) is 41.8 Å². The molecule has 2 aromatic heterocycles. The van der Waals surface area contributed by atoms with Crippen molar-refractivity contribution in [3.63, 3.8) is 0 Å². The molecule has 2 aliphatic heterocycles. The Kier molecular flexibility index (Phi) is 8.48. The van der Waals surface area contributed by atoms with E-state index in [9.17, 15) is 9.59 Å². The van der Waals surface area contributed by atoms with Gasteiger partial charge >= 0.3 is 0 Å². The highest BCUT2D eigenvalue weighted by Gasteiger charge is 2.33. The van der Waals surface area contributed by atoms with E-state index in [4.69, 9.17) is 16.3 Å². The molecule has 4 heterocycles. The molecule has 0 saturated carbocycles. The van der Waals surface area contributed by atoms with Crippen LogP contribution >= 0.6 is 0 Å². The lowest BCUT2D eigenvalue weighted by Gasteiger charge is -2.37. The van der Waals surface area contributed by atoms with Crippen LogP contribution in [0.3, 0.4) is 0 Å². The number of nitrogens with zero attached hydrogens (tertiary/aromatic N) is 5. The molecule has 0 aliphatic carbocycles. The van der Waals surface area contributed by atoms with Crippen LogP contribution in [-0.2, 0) is 21.0 Å². The van der Waals surface area contributed by atoms with Gasteiger partial charge in [0, 0.05) is 43.9 Å². The topological polar surface area (TPSA) is 140 Å². The fourth-order valence-electron chi connectivity index (χ4n) is 5.05. The Labute approximate surface area is 211 Å². The highest BCUT2D eigenvalue weighted by molar-refractivity contribution is 6.01. The monoisotopic (exact) mass is 493 g/mol. The van der Waals surface area contributed by atoms with Crippen LogP contribution in [0.5, 0.6) is 0 Å². The van der Waals surface area contributed by atoms with Crippen LogP contribution in [-0.4, -0.2) is 70.1 Å². The molecular formula is C26H35N7O3. The van der Waals surface area contributed by atoms with Crippen LogP contribution in [0, 0.1) is 18.8 Å². The smallest absolute Gasteiger partial charge is 0.258 e. The number of piperidine rings is 2. The summed E-state index contributed by atoms with van der Waals surface area (Å²) in [4.78, 5) is 42.5. The predicted molar refractivity (Wildman–Crippen MR) is 137 cm³/mol. The molecule has 2 aliphatic rings. The molecular weight excluding hydrogens is 458 g/mol. The zero-order valence-corrected chi connectivity index (χ0v) is 20.8. The van der Waals surface area contributed by atoms with Gasteiger partial charge in [-0.05, 0) is 75.0 Å². The molecule has 10 heteroatoms. The third-order valence-electron chi connectivity index (χ3n) is 7.00. The Balaban J connectivity index is 1.31. The van der Waals surface area contributed by atoms with Gasteiger partial charge in [-0.1, -0.05) is 11.2 Å². The second-order valence-electron chi connectivity index (χ2n) is 9.62. The van der Waals surface area contributed by atoms with Gasteiger partial charge in [-0.25, -0.2) is 4.98 Å². The van der Waals surface area contributed by atoms with Crippen molar-refractivity contribution >= 4 is 23.3 Å². The minimum Gasteiger partial charge on any atom is -0.385 e. The SMILES string of the molecule is Cc1cccnc1/C(=N/OCC(N)=O)C1CCN(C(=O)C2CCN(Cc3ccnc(N)c3)CC2)CC1. The van der Waals surface area contributed by atoms with Crippen LogP contribution < -0.4 is 11.5 Å². The third kappa shape index (κ3) is 6.57. The van der Waals surface area contributed by atoms with Crippen molar-refractivity contribution in [2.45, 2.75) is 39.2 Å². The Morgan fingerprint density at radius 3 is 2.44 bits per heavy atom. The molecule has 0 radical (unpaired) electrons. The number of rotatable bonds is 8. The number of pyridine rings is 2. The van der Waals surface area contributed by atoms with Crippen LogP contribution in [0.4, 0.5) is 5.82 Å². The molecule has 36 heavy (non-hydrogen) atoms. The highest BCUT2D eigenvalue weighted by Crippen LogP contribution is 2.27. The number of carbonyl (C=O) groups excluding carboxylic acids is 2. The molecule has 0 spiro atoms. The lowest BCUT2D eigenvalue weighted by Crippen LogP contribution is -2.46. The normalized spacial score (nSPS) is 18.2. The summed E-state index contributed by atoms with van der Waals surface area (Å²) in [7, 11) is 0. The molecule has 10 nitrogen and oxygen atoms in total. The second kappa shape index (κ2) is 11.9. The summed E-state index contributed by atoms with van der Waals surface area (Å²) in [5, 5.41) is 4.26. The second-order valence-corrected chi connectivity index (χ2v) is 9.62. The van der Waals surface area contributed by atoms with Crippen LogP contribution in [0.25, 0.3) is 0 Å². The average Bonchev–Trinajstić information content (AvgIpc) is 2.87. The number of oxime groups is 1. The minimum atomic E-state index is -0.577. The average molecular weight is 494 g/mol. The molecule has 4 rings (SSSR count). The number of primary amides is 1. The summed E-state index contributed by atoms with van der Waals surface area (Å²) in [6, 6.07) is 7.74. The van der Waals surface area contributed by atoms with Gasteiger partial charge in [0.25, 0.3) is 5.91 Å². The maximum absolute atomic E-state index is 13.3.